The first-order valence-corrected chi connectivity index (χ1v) is 8.26. The summed E-state index contributed by atoms with van der Waals surface area (Å²) in [5.41, 5.74) is 1.39. The molecule has 1 heterocycles. The minimum atomic E-state index is -0.811. The zero-order valence-corrected chi connectivity index (χ0v) is 13.0. The second-order valence-corrected chi connectivity index (χ2v) is 6.29. The molecular formula is C18H22N2O3. The minimum Gasteiger partial charge on any atom is -0.481 e. The highest BCUT2D eigenvalue weighted by Gasteiger charge is 2.30. The molecule has 1 fully saturated rings. The van der Waals surface area contributed by atoms with Gasteiger partial charge < -0.3 is 15.4 Å². The Bertz CT molecular complexity index is 674. The number of aromatic nitrogens is 1. The van der Waals surface area contributed by atoms with Gasteiger partial charge in [-0.3, -0.25) is 9.59 Å². The molecule has 122 valence electrons. The number of amides is 1. The van der Waals surface area contributed by atoms with Gasteiger partial charge in [-0.1, -0.05) is 43.9 Å². The van der Waals surface area contributed by atoms with Crippen molar-refractivity contribution in [2.75, 3.05) is 0 Å². The van der Waals surface area contributed by atoms with Crippen LogP contribution < -0.4 is 5.32 Å². The number of carboxylic acids is 1. The van der Waals surface area contributed by atoms with E-state index in [1.54, 1.807) is 0 Å². The molecule has 0 radical (unpaired) electrons. The van der Waals surface area contributed by atoms with Crippen LogP contribution in [0.25, 0.3) is 10.9 Å². The van der Waals surface area contributed by atoms with Crippen LogP contribution in [0.15, 0.2) is 30.3 Å². The van der Waals surface area contributed by atoms with E-state index in [4.69, 9.17) is 0 Å². The van der Waals surface area contributed by atoms with Crippen molar-refractivity contribution in [3.8, 4) is 0 Å². The highest BCUT2D eigenvalue weighted by atomic mass is 16.4. The molecule has 0 bridgehead atoms. The SMILES string of the molecule is O=C(NC1CCCCCCC1C(=O)O)c1cc2ccccc2[nH]1. The molecule has 0 saturated heterocycles. The van der Waals surface area contributed by atoms with Crippen molar-refractivity contribution < 1.29 is 14.7 Å². The summed E-state index contributed by atoms with van der Waals surface area (Å²) in [7, 11) is 0. The zero-order chi connectivity index (χ0) is 16.2. The molecule has 1 aliphatic rings. The van der Waals surface area contributed by atoms with Crippen molar-refractivity contribution in [3.63, 3.8) is 0 Å². The molecule has 2 aromatic rings. The zero-order valence-electron chi connectivity index (χ0n) is 13.0. The van der Waals surface area contributed by atoms with Gasteiger partial charge in [0.25, 0.3) is 5.91 Å². The first-order valence-electron chi connectivity index (χ1n) is 8.26. The van der Waals surface area contributed by atoms with E-state index in [0.29, 0.717) is 12.1 Å². The maximum Gasteiger partial charge on any atom is 0.308 e. The molecule has 3 rings (SSSR count). The summed E-state index contributed by atoms with van der Waals surface area (Å²) in [5.74, 6) is -1.53. The van der Waals surface area contributed by atoms with Crippen molar-refractivity contribution in [3.05, 3.63) is 36.0 Å². The third-order valence-corrected chi connectivity index (χ3v) is 4.67. The number of rotatable bonds is 3. The highest BCUT2D eigenvalue weighted by Crippen LogP contribution is 2.24. The van der Waals surface area contributed by atoms with Gasteiger partial charge in [0, 0.05) is 16.9 Å². The van der Waals surface area contributed by atoms with Crippen LogP contribution in [0.2, 0.25) is 0 Å². The van der Waals surface area contributed by atoms with Crippen molar-refractivity contribution in [2.45, 2.75) is 44.6 Å². The fourth-order valence-corrected chi connectivity index (χ4v) is 3.39. The molecule has 23 heavy (non-hydrogen) atoms. The quantitative estimate of drug-likeness (QED) is 0.812. The lowest BCUT2D eigenvalue weighted by atomic mass is 9.86. The Labute approximate surface area is 135 Å². The van der Waals surface area contributed by atoms with E-state index in [1.807, 2.05) is 30.3 Å². The van der Waals surface area contributed by atoms with E-state index < -0.39 is 11.9 Å². The molecular weight excluding hydrogens is 292 g/mol. The fraction of sp³-hybridized carbons (Fsp3) is 0.444. The Morgan fingerprint density at radius 2 is 1.83 bits per heavy atom. The molecule has 1 aromatic carbocycles. The average molecular weight is 314 g/mol. The third kappa shape index (κ3) is 3.55. The Hall–Kier alpha value is -2.30. The lowest BCUT2D eigenvalue weighted by Crippen LogP contribution is -2.44. The molecule has 3 N–H and O–H groups in total. The molecule has 1 amide bonds. The number of para-hydroxylation sites is 1. The second-order valence-electron chi connectivity index (χ2n) is 6.29. The maximum absolute atomic E-state index is 12.5. The number of aromatic amines is 1. The predicted molar refractivity (Wildman–Crippen MR) is 88.4 cm³/mol. The number of fused-ring (bicyclic) bond motifs is 1. The van der Waals surface area contributed by atoms with Crippen LogP contribution in [-0.2, 0) is 4.79 Å². The standard InChI is InChI=1S/C18H22N2O3/c21-17(16-11-12-7-5-6-9-14(12)19-16)20-15-10-4-2-1-3-8-13(15)18(22)23/h5-7,9,11,13,15,19H,1-4,8,10H2,(H,20,21)(H,22,23). The number of carbonyl (C=O) groups is 2. The number of hydrogen-bond donors (Lipinski definition) is 3. The first kappa shape index (κ1) is 15.6. The molecule has 0 spiro atoms. The van der Waals surface area contributed by atoms with Gasteiger partial charge in [-0.05, 0) is 25.0 Å². The van der Waals surface area contributed by atoms with Gasteiger partial charge in [-0.25, -0.2) is 0 Å². The summed E-state index contributed by atoms with van der Waals surface area (Å²) < 4.78 is 0. The number of benzene rings is 1. The smallest absolute Gasteiger partial charge is 0.308 e. The monoisotopic (exact) mass is 314 g/mol. The lowest BCUT2D eigenvalue weighted by molar-refractivity contribution is -0.143. The van der Waals surface area contributed by atoms with Crippen LogP contribution in [0.1, 0.15) is 49.0 Å². The third-order valence-electron chi connectivity index (χ3n) is 4.67. The van der Waals surface area contributed by atoms with E-state index in [2.05, 4.69) is 10.3 Å². The number of hydrogen-bond acceptors (Lipinski definition) is 2. The number of nitrogens with one attached hydrogen (secondary N) is 2. The van der Waals surface area contributed by atoms with Gasteiger partial charge in [-0.15, -0.1) is 0 Å². The van der Waals surface area contributed by atoms with Crippen LogP contribution >= 0.6 is 0 Å². The van der Waals surface area contributed by atoms with Crippen molar-refractivity contribution in [2.24, 2.45) is 5.92 Å². The van der Waals surface area contributed by atoms with Gasteiger partial charge >= 0.3 is 5.97 Å². The summed E-state index contributed by atoms with van der Waals surface area (Å²) in [4.78, 5) is 27.1. The Kier molecular flexibility index (Phi) is 4.65. The maximum atomic E-state index is 12.5. The number of H-pyrrole nitrogens is 1. The van der Waals surface area contributed by atoms with Gasteiger partial charge in [0.15, 0.2) is 0 Å². The van der Waals surface area contributed by atoms with E-state index in [-0.39, 0.29) is 11.9 Å². The Balaban J connectivity index is 1.76. The second kappa shape index (κ2) is 6.86. The normalized spacial score (nSPS) is 22.3. The lowest BCUT2D eigenvalue weighted by Gasteiger charge is -2.27. The molecule has 0 aliphatic heterocycles. The Morgan fingerprint density at radius 3 is 2.57 bits per heavy atom. The topological polar surface area (TPSA) is 82.2 Å². The molecule has 5 nitrogen and oxygen atoms in total. The highest BCUT2D eigenvalue weighted by molar-refractivity contribution is 5.98. The summed E-state index contributed by atoms with van der Waals surface area (Å²) >= 11 is 0. The van der Waals surface area contributed by atoms with Crippen LogP contribution in [0.5, 0.6) is 0 Å². The molecule has 2 unspecified atom stereocenters. The summed E-state index contributed by atoms with van der Waals surface area (Å²) in [6.07, 6.45) is 5.41. The van der Waals surface area contributed by atoms with Crippen molar-refractivity contribution in [1.29, 1.82) is 0 Å². The number of carboxylic acid groups (broad SMARTS) is 1. The predicted octanol–water partition coefficient (Wildman–Crippen LogP) is 3.32. The molecule has 1 saturated carbocycles. The van der Waals surface area contributed by atoms with Crippen LogP contribution in [0.3, 0.4) is 0 Å². The Morgan fingerprint density at radius 1 is 1.09 bits per heavy atom. The van der Waals surface area contributed by atoms with Gasteiger partial charge in [-0.2, -0.15) is 0 Å². The summed E-state index contributed by atoms with van der Waals surface area (Å²) in [6, 6.07) is 9.21. The summed E-state index contributed by atoms with van der Waals surface area (Å²) in [5, 5.41) is 13.4. The molecule has 1 aliphatic carbocycles. The van der Waals surface area contributed by atoms with E-state index >= 15 is 0 Å². The van der Waals surface area contributed by atoms with E-state index in [0.717, 1.165) is 43.0 Å². The van der Waals surface area contributed by atoms with E-state index in [9.17, 15) is 14.7 Å². The number of carbonyl (C=O) groups excluding carboxylic acids is 1. The van der Waals surface area contributed by atoms with E-state index in [1.165, 1.54) is 0 Å². The molecule has 5 heteroatoms. The van der Waals surface area contributed by atoms with Gasteiger partial charge in [0.05, 0.1) is 5.92 Å². The largest absolute Gasteiger partial charge is 0.481 e. The molecule has 1 aromatic heterocycles. The fourth-order valence-electron chi connectivity index (χ4n) is 3.39. The van der Waals surface area contributed by atoms with Crippen molar-refractivity contribution in [1.82, 2.24) is 10.3 Å². The number of aliphatic carboxylic acids is 1. The molecule has 2 atom stereocenters. The minimum absolute atomic E-state index is 0.224. The van der Waals surface area contributed by atoms with Gasteiger partial charge in [0.1, 0.15) is 5.69 Å². The average Bonchev–Trinajstić information content (AvgIpc) is 2.93. The van der Waals surface area contributed by atoms with Crippen molar-refractivity contribution >= 4 is 22.8 Å². The summed E-state index contributed by atoms with van der Waals surface area (Å²) in [6.45, 7) is 0. The first-order chi connectivity index (χ1) is 11.1. The van der Waals surface area contributed by atoms with Crippen LogP contribution in [-0.4, -0.2) is 28.0 Å². The van der Waals surface area contributed by atoms with Crippen LogP contribution in [0.4, 0.5) is 0 Å². The van der Waals surface area contributed by atoms with Crippen LogP contribution in [0, 0.1) is 5.92 Å². The van der Waals surface area contributed by atoms with Gasteiger partial charge in [0.2, 0.25) is 0 Å².